The van der Waals surface area contributed by atoms with E-state index in [1.807, 2.05) is 24.3 Å². The van der Waals surface area contributed by atoms with Gasteiger partial charge in [0.05, 0.1) is 23.9 Å². The number of ether oxygens (including phenoxy) is 3. The zero-order valence-corrected chi connectivity index (χ0v) is 12.3. The highest BCUT2D eigenvalue weighted by atomic mass is 16.7. The van der Waals surface area contributed by atoms with Crippen molar-refractivity contribution < 1.29 is 28.9 Å². The Morgan fingerprint density at radius 1 is 1.13 bits per heavy atom. The van der Waals surface area contributed by atoms with Crippen LogP contribution < -0.4 is 0 Å². The molecule has 0 bridgehead atoms. The van der Waals surface area contributed by atoms with Crippen LogP contribution in [0.2, 0.25) is 0 Å². The van der Waals surface area contributed by atoms with Gasteiger partial charge in [-0.3, -0.25) is 0 Å². The predicted molar refractivity (Wildman–Crippen MR) is 76.5 cm³/mol. The molecule has 0 amide bonds. The number of carbonyl (C=O) groups is 2. The monoisotopic (exact) mass is 314 g/mol. The maximum Gasteiger partial charge on any atom is 0.338 e. The fourth-order valence-corrected chi connectivity index (χ4v) is 3.22. The number of cyclic esters (lactones) is 1. The minimum Gasteiger partial charge on any atom is -0.458 e. The third-order valence-corrected chi connectivity index (χ3v) is 4.38. The van der Waals surface area contributed by atoms with Crippen LogP contribution in [0.5, 0.6) is 0 Å². The van der Waals surface area contributed by atoms with Crippen LogP contribution in [-0.2, 0) is 23.8 Å². The molecule has 1 saturated heterocycles. The third kappa shape index (κ3) is 2.06. The predicted octanol–water partition coefficient (Wildman–Crippen LogP) is 1.68. The van der Waals surface area contributed by atoms with Crippen molar-refractivity contribution in [3.8, 4) is 0 Å². The van der Waals surface area contributed by atoms with Crippen molar-refractivity contribution in [3.63, 3.8) is 0 Å². The standard InChI is InChI=1S/C17H14O6/c1-8-6-12(22-16(8)19)21-7-11-13-14(18)9-4-2-3-5-10(9)15(13)23-17(11)20/h2-7,12-15,18H,1H3/b11-7+/t12-,13-,14-,15+/m0/s1. The van der Waals surface area contributed by atoms with Crippen LogP contribution in [0.3, 0.4) is 0 Å². The summed E-state index contributed by atoms with van der Waals surface area (Å²) in [6, 6.07) is 7.32. The zero-order valence-electron chi connectivity index (χ0n) is 12.3. The van der Waals surface area contributed by atoms with Crippen molar-refractivity contribution >= 4 is 11.9 Å². The molecule has 1 fully saturated rings. The molecular formula is C17H14O6. The molecule has 6 nitrogen and oxygen atoms in total. The van der Waals surface area contributed by atoms with Gasteiger partial charge in [0, 0.05) is 11.6 Å². The van der Waals surface area contributed by atoms with E-state index in [0.717, 1.165) is 11.1 Å². The topological polar surface area (TPSA) is 82.1 Å². The lowest BCUT2D eigenvalue weighted by Crippen LogP contribution is -2.14. The van der Waals surface area contributed by atoms with E-state index < -0.39 is 36.4 Å². The lowest BCUT2D eigenvalue weighted by molar-refractivity contribution is -0.152. The molecule has 0 unspecified atom stereocenters. The van der Waals surface area contributed by atoms with Crippen molar-refractivity contribution in [1.82, 2.24) is 0 Å². The summed E-state index contributed by atoms with van der Waals surface area (Å²) >= 11 is 0. The number of hydrogen-bond donors (Lipinski definition) is 1. The van der Waals surface area contributed by atoms with E-state index >= 15 is 0 Å². The van der Waals surface area contributed by atoms with Gasteiger partial charge in [0.2, 0.25) is 0 Å². The molecule has 23 heavy (non-hydrogen) atoms. The zero-order chi connectivity index (χ0) is 16.1. The Kier molecular flexibility index (Phi) is 3.02. The van der Waals surface area contributed by atoms with Gasteiger partial charge < -0.3 is 19.3 Å². The summed E-state index contributed by atoms with van der Waals surface area (Å²) in [5.74, 6) is -1.49. The van der Waals surface area contributed by atoms with Crippen LogP contribution in [0, 0.1) is 5.92 Å². The molecule has 1 aliphatic carbocycles. The first kappa shape index (κ1) is 14.0. The van der Waals surface area contributed by atoms with Crippen molar-refractivity contribution in [3.05, 3.63) is 58.9 Å². The second-order valence-electron chi connectivity index (χ2n) is 5.76. The van der Waals surface area contributed by atoms with E-state index in [9.17, 15) is 14.7 Å². The van der Waals surface area contributed by atoms with Crippen LogP contribution in [0.15, 0.2) is 47.7 Å². The first-order chi connectivity index (χ1) is 11.1. The van der Waals surface area contributed by atoms with Crippen molar-refractivity contribution in [2.75, 3.05) is 0 Å². The number of aliphatic hydroxyl groups is 1. The quantitative estimate of drug-likeness (QED) is 0.508. The van der Waals surface area contributed by atoms with Gasteiger partial charge in [-0.25, -0.2) is 9.59 Å². The molecule has 1 aromatic carbocycles. The Morgan fingerprint density at radius 3 is 2.57 bits per heavy atom. The maximum absolute atomic E-state index is 12.1. The number of aliphatic hydroxyl groups excluding tert-OH is 1. The highest BCUT2D eigenvalue weighted by Gasteiger charge is 2.51. The molecule has 1 aromatic rings. The van der Waals surface area contributed by atoms with E-state index in [1.165, 1.54) is 12.3 Å². The first-order valence-electron chi connectivity index (χ1n) is 7.29. The molecule has 3 aliphatic rings. The molecule has 6 heteroatoms. The molecule has 2 heterocycles. The van der Waals surface area contributed by atoms with Crippen molar-refractivity contribution in [2.45, 2.75) is 25.4 Å². The number of benzene rings is 1. The number of carbonyl (C=O) groups excluding carboxylic acids is 2. The normalized spacial score (nSPS) is 33.1. The van der Waals surface area contributed by atoms with Gasteiger partial charge >= 0.3 is 11.9 Å². The lowest BCUT2D eigenvalue weighted by atomic mass is 9.95. The largest absolute Gasteiger partial charge is 0.458 e. The maximum atomic E-state index is 12.1. The first-order valence-corrected chi connectivity index (χ1v) is 7.29. The molecule has 1 N–H and O–H groups in total. The fourth-order valence-electron chi connectivity index (χ4n) is 3.22. The van der Waals surface area contributed by atoms with Crippen LogP contribution >= 0.6 is 0 Å². The highest BCUT2D eigenvalue weighted by molar-refractivity contribution is 5.92. The Balaban J connectivity index is 1.60. The number of rotatable bonds is 2. The summed E-state index contributed by atoms with van der Waals surface area (Å²) in [7, 11) is 0. The van der Waals surface area contributed by atoms with Crippen LogP contribution in [-0.4, -0.2) is 23.3 Å². The summed E-state index contributed by atoms with van der Waals surface area (Å²) < 4.78 is 15.7. The summed E-state index contributed by atoms with van der Waals surface area (Å²) in [4.78, 5) is 23.4. The molecule has 118 valence electrons. The Hall–Kier alpha value is -2.60. The highest BCUT2D eigenvalue weighted by Crippen LogP contribution is 2.53. The molecular weight excluding hydrogens is 300 g/mol. The molecule has 2 aliphatic heterocycles. The lowest BCUT2D eigenvalue weighted by Gasteiger charge is -2.13. The van der Waals surface area contributed by atoms with Crippen LogP contribution in [0.1, 0.15) is 30.3 Å². The van der Waals surface area contributed by atoms with E-state index in [0.29, 0.717) is 5.57 Å². The summed E-state index contributed by atoms with van der Waals surface area (Å²) in [5.41, 5.74) is 2.26. The molecule has 4 rings (SSSR count). The minimum atomic E-state index is -0.859. The van der Waals surface area contributed by atoms with Gasteiger partial charge in [-0.2, -0.15) is 0 Å². The van der Waals surface area contributed by atoms with Crippen LogP contribution in [0.4, 0.5) is 0 Å². The van der Waals surface area contributed by atoms with Crippen molar-refractivity contribution in [2.24, 2.45) is 5.92 Å². The van der Waals surface area contributed by atoms with Gasteiger partial charge in [0.25, 0.3) is 6.29 Å². The SMILES string of the molecule is CC1=C[C@@H](O/C=C2/C(=O)O[C@@H]3c4ccccc4[C@H](O)[C@H]23)OC1=O. The fraction of sp³-hybridized carbons (Fsp3) is 0.294. The van der Waals surface area contributed by atoms with Gasteiger partial charge in [0.15, 0.2) is 0 Å². The smallest absolute Gasteiger partial charge is 0.338 e. The van der Waals surface area contributed by atoms with Crippen molar-refractivity contribution in [1.29, 1.82) is 0 Å². The second-order valence-corrected chi connectivity index (χ2v) is 5.76. The molecule has 0 saturated carbocycles. The summed E-state index contributed by atoms with van der Waals surface area (Å²) in [6.07, 6.45) is 0.558. The van der Waals surface area contributed by atoms with Gasteiger partial charge in [-0.15, -0.1) is 0 Å². The van der Waals surface area contributed by atoms with E-state index in [1.54, 1.807) is 6.92 Å². The number of esters is 2. The average Bonchev–Trinajstić information content (AvgIpc) is 3.12. The molecule has 0 spiro atoms. The van der Waals surface area contributed by atoms with E-state index in [2.05, 4.69) is 0 Å². The van der Waals surface area contributed by atoms with Gasteiger partial charge in [-0.1, -0.05) is 24.3 Å². The van der Waals surface area contributed by atoms with E-state index in [-0.39, 0.29) is 5.57 Å². The second kappa shape index (κ2) is 4.96. The van der Waals surface area contributed by atoms with Gasteiger partial charge in [-0.05, 0) is 18.1 Å². The van der Waals surface area contributed by atoms with E-state index in [4.69, 9.17) is 14.2 Å². The third-order valence-electron chi connectivity index (χ3n) is 4.38. The minimum absolute atomic E-state index is 0.243. The van der Waals surface area contributed by atoms with Crippen LogP contribution in [0.25, 0.3) is 0 Å². The number of hydrogen-bond acceptors (Lipinski definition) is 6. The molecule has 0 aromatic heterocycles. The Labute approximate surface area is 132 Å². The summed E-state index contributed by atoms with van der Waals surface area (Å²) in [6.45, 7) is 1.62. The van der Waals surface area contributed by atoms with Gasteiger partial charge in [0.1, 0.15) is 6.10 Å². The molecule has 0 radical (unpaired) electrons. The Morgan fingerprint density at radius 2 is 1.87 bits per heavy atom. The number of fused-ring (bicyclic) bond motifs is 3. The Bertz CT molecular complexity index is 762. The summed E-state index contributed by atoms with van der Waals surface area (Å²) in [5, 5.41) is 10.5. The average molecular weight is 314 g/mol. The molecule has 4 atom stereocenters.